The van der Waals surface area contributed by atoms with E-state index in [-0.39, 0.29) is 36.0 Å². The number of hydrogen-bond donors (Lipinski definition) is 0. The topological polar surface area (TPSA) is 52.6 Å². The highest BCUT2D eigenvalue weighted by molar-refractivity contribution is 5.82. The van der Waals surface area contributed by atoms with Crippen LogP contribution in [0.2, 0.25) is 0 Å². The van der Waals surface area contributed by atoms with Crippen molar-refractivity contribution in [3.63, 3.8) is 0 Å². The Labute approximate surface area is 170 Å². The Balaban J connectivity index is 2.75. The monoisotopic (exact) mass is 388 g/mol. The molecule has 0 amide bonds. The molecule has 156 valence electrons. The zero-order chi connectivity index (χ0) is 21.1. The number of carbonyl (C=O) groups is 2. The molecule has 3 unspecified atom stereocenters. The van der Waals surface area contributed by atoms with Crippen molar-refractivity contribution in [1.82, 2.24) is 0 Å². The van der Waals surface area contributed by atoms with Crippen LogP contribution in [0.25, 0.3) is 0 Å². The van der Waals surface area contributed by atoms with E-state index < -0.39 is 0 Å². The molecule has 1 aliphatic rings. The molecule has 4 nitrogen and oxygen atoms in total. The molecule has 0 radical (unpaired) electrons. The minimum atomic E-state index is -0.357. The summed E-state index contributed by atoms with van der Waals surface area (Å²) in [6.45, 7) is 13.9. The minimum Gasteiger partial charge on any atom is -0.462 e. The number of allylic oxidation sites excluding steroid dienone is 5. The second kappa shape index (κ2) is 12.4. The van der Waals surface area contributed by atoms with Gasteiger partial charge in [0.2, 0.25) is 0 Å². The summed E-state index contributed by atoms with van der Waals surface area (Å²) in [4.78, 5) is 24.3. The molecular weight excluding hydrogens is 352 g/mol. The van der Waals surface area contributed by atoms with Gasteiger partial charge in [-0.05, 0) is 44.9 Å². The molecule has 3 atom stereocenters. The molecule has 0 N–H and O–H groups in total. The fourth-order valence-electron chi connectivity index (χ4n) is 3.11. The molecule has 1 aliphatic heterocycles. The Morgan fingerprint density at radius 1 is 1.25 bits per heavy atom. The van der Waals surface area contributed by atoms with Gasteiger partial charge in [0.25, 0.3) is 0 Å². The lowest BCUT2D eigenvalue weighted by Crippen LogP contribution is -2.26. The van der Waals surface area contributed by atoms with Crippen molar-refractivity contribution in [2.75, 3.05) is 0 Å². The van der Waals surface area contributed by atoms with Gasteiger partial charge in [-0.25, -0.2) is 4.79 Å². The van der Waals surface area contributed by atoms with E-state index in [1.807, 2.05) is 19.9 Å². The molecule has 0 saturated heterocycles. The molecule has 0 saturated carbocycles. The molecule has 0 bridgehead atoms. The van der Waals surface area contributed by atoms with E-state index in [0.717, 1.165) is 24.0 Å². The largest absolute Gasteiger partial charge is 0.462 e. The quantitative estimate of drug-likeness (QED) is 0.262. The highest BCUT2D eigenvalue weighted by atomic mass is 16.5. The molecule has 0 aromatic rings. The average molecular weight is 389 g/mol. The molecule has 0 aliphatic carbocycles. The Kier molecular flexibility index (Phi) is 10.6. The van der Waals surface area contributed by atoms with Gasteiger partial charge in [0.05, 0.1) is 0 Å². The molecule has 1 rings (SSSR count). The lowest BCUT2D eigenvalue weighted by Gasteiger charge is -2.24. The summed E-state index contributed by atoms with van der Waals surface area (Å²) < 4.78 is 11.3. The molecule has 0 fully saturated rings. The lowest BCUT2D eigenvalue weighted by molar-refractivity contribution is -0.151. The van der Waals surface area contributed by atoms with Crippen molar-refractivity contribution in [3.8, 4) is 0 Å². The summed E-state index contributed by atoms with van der Waals surface area (Å²) in [6, 6.07) is 0. The highest BCUT2D eigenvalue weighted by Crippen LogP contribution is 2.22. The van der Waals surface area contributed by atoms with Crippen LogP contribution in [0.5, 0.6) is 0 Å². The molecule has 0 aromatic carbocycles. The second-order valence-corrected chi connectivity index (χ2v) is 8.13. The average Bonchev–Trinajstić information content (AvgIpc) is 2.59. The van der Waals surface area contributed by atoms with Gasteiger partial charge in [-0.2, -0.15) is 0 Å². The molecule has 1 heterocycles. The molecule has 0 aromatic heterocycles. The third-order valence-corrected chi connectivity index (χ3v) is 4.80. The summed E-state index contributed by atoms with van der Waals surface area (Å²) in [5.41, 5.74) is 1.88. The fraction of sp³-hybridized carbons (Fsp3) is 0.583. The summed E-state index contributed by atoms with van der Waals surface area (Å²) in [6.07, 6.45) is 12.2. The van der Waals surface area contributed by atoms with Crippen molar-refractivity contribution in [3.05, 3.63) is 48.1 Å². The lowest BCUT2D eigenvalue weighted by atomic mass is 9.94. The molecule has 4 heteroatoms. The van der Waals surface area contributed by atoms with E-state index in [4.69, 9.17) is 9.47 Å². The van der Waals surface area contributed by atoms with Crippen molar-refractivity contribution >= 4 is 11.9 Å². The Hall–Kier alpha value is -2.10. The fourth-order valence-corrected chi connectivity index (χ4v) is 3.11. The van der Waals surface area contributed by atoms with Crippen LogP contribution in [-0.4, -0.2) is 24.1 Å². The second-order valence-electron chi connectivity index (χ2n) is 8.13. The van der Waals surface area contributed by atoms with E-state index >= 15 is 0 Å². The summed E-state index contributed by atoms with van der Waals surface area (Å²) in [7, 11) is 0. The van der Waals surface area contributed by atoms with Crippen LogP contribution in [0, 0.1) is 11.8 Å². The van der Waals surface area contributed by atoms with Crippen LogP contribution >= 0.6 is 0 Å². The Morgan fingerprint density at radius 2 is 1.93 bits per heavy atom. The van der Waals surface area contributed by atoms with Gasteiger partial charge in [0.15, 0.2) is 0 Å². The van der Waals surface area contributed by atoms with Gasteiger partial charge in [0, 0.05) is 18.9 Å². The Morgan fingerprint density at radius 3 is 2.57 bits per heavy atom. The molecule has 28 heavy (non-hydrogen) atoms. The van der Waals surface area contributed by atoms with E-state index in [9.17, 15) is 9.59 Å². The van der Waals surface area contributed by atoms with Crippen molar-refractivity contribution in [2.24, 2.45) is 11.8 Å². The summed E-state index contributed by atoms with van der Waals surface area (Å²) in [5.74, 6) is -0.0545. The number of hydrogen-bond acceptors (Lipinski definition) is 4. The maximum absolute atomic E-state index is 12.2. The van der Waals surface area contributed by atoms with Gasteiger partial charge in [0.1, 0.15) is 12.2 Å². The zero-order valence-electron chi connectivity index (χ0n) is 18.1. The van der Waals surface area contributed by atoms with Crippen LogP contribution in [-0.2, 0) is 19.1 Å². The van der Waals surface area contributed by atoms with Crippen LogP contribution in [0.1, 0.15) is 66.7 Å². The van der Waals surface area contributed by atoms with E-state index in [1.165, 1.54) is 6.08 Å². The first kappa shape index (κ1) is 23.9. The SMILES string of the molecule is C=C(C)C=C(C)C=CC(=O)OC1CCCC(=O)OC(C(C)C)CC=CCC1C. The van der Waals surface area contributed by atoms with Crippen LogP contribution in [0.4, 0.5) is 0 Å². The first-order valence-corrected chi connectivity index (χ1v) is 10.3. The van der Waals surface area contributed by atoms with Crippen molar-refractivity contribution in [2.45, 2.75) is 78.9 Å². The van der Waals surface area contributed by atoms with Gasteiger partial charge < -0.3 is 9.47 Å². The normalized spacial score (nSPS) is 25.1. The van der Waals surface area contributed by atoms with E-state index in [1.54, 1.807) is 6.08 Å². The number of ether oxygens (including phenoxy) is 2. The first-order valence-electron chi connectivity index (χ1n) is 10.3. The Bertz CT molecular complexity index is 625. The number of cyclic esters (lactones) is 1. The van der Waals surface area contributed by atoms with Gasteiger partial charge >= 0.3 is 11.9 Å². The summed E-state index contributed by atoms with van der Waals surface area (Å²) in [5, 5.41) is 0. The maximum Gasteiger partial charge on any atom is 0.331 e. The van der Waals surface area contributed by atoms with Crippen molar-refractivity contribution in [1.29, 1.82) is 0 Å². The van der Waals surface area contributed by atoms with Gasteiger partial charge in [-0.3, -0.25) is 4.79 Å². The predicted molar refractivity (Wildman–Crippen MR) is 114 cm³/mol. The third kappa shape index (κ3) is 9.72. The highest BCUT2D eigenvalue weighted by Gasteiger charge is 2.22. The minimum absolute atomic E-state index is 0.0762. The zero-order valence-corrected chi connectivity index (χ0v) is 18.1. The molecule has 0 spiro atoms. The number of carbonyl (C=O) groups excluding carboxylic acids is 2. The third-order valence-electron chi connectivity index (χ3n) is 4.80. The van der Waals surface area contributed by atoms with Crippen molar-refractivity contribution < 1.29 is 19.1 Å². The predicted octanol–water partition coefficient (Wildman–Crippen LogP) is 5.70. The van der Waals surface area contributed by atoms with E-state index in [0.29, 0.717) is 19.3 Å². The first-order chi connectivity index (χ1) is 13.2. The summed E-state index contributed by atoms with van der Waals surface area (Å²) >= 11 is 0. The van der Waals surface area contributed by atoms with Gasteiger partial charge in [-0.15, -0.1) is 0 Å². The van der Waals surface area contributed by atoms with Crippen LogP contribution in [0.15, 0.2) is 48.1 Å². The molecular formula is C24H36O4. The standard InChI is InChI=1S/C24H36O4/c1-17(2)16-19(5)14-15-24(26)28-22-12-9-13-23(25)27-21(18(3)4)11-8-7-10-20(22)6/h7-8,14-16,18,20-22H,1,9-13H2,2-6H3. The van der Waals surface area contributed by atoms with Gasteiger partial charge in [-0.1, -0.05) is 62.8 Å². The number of esters is 2. The smallest absolute Gasteiger partial charge is 0.331 e. The van der Waals surface area contributed by atoms with E-state index in [2.05, 4.69) is 39.5 Å². The van der Waals surface area contributed by atoms with Crippen LogP contribution < -0.4 is 0 Å². The number of rotatable bonds is 5. The van der Waals surface area contributed by atoms with Crippen LogP contribution in [0.3, 0.4) is 0 Å². The maximum atomic E-state index is 12.2.